The van der Waals surface area contributed by atoms with Crippen LogP contribution in [0.15, 0.2) is 64.7 Å². The van der Waals surface area contributed by atoms with Crippen molar-refractivity contribution in [3.05, 3.63) is 69.4 Å². The normalized spacial score (nSPS) is 21.1. The monoisotopic (exact) mass is 1160 g/mol. The van der Waals surface area contributed by atoms with E-state index in [4.69, 9.17) is 34.4 Å². The summed E-state index contributed by atoms with van der Waals surface area (Å²) in [6.07, 6.45) is 1.19. The third kappa shape index (κ3) is 20.7. The highest BCUT2D eigenvalue weighted by molar-refractivity contribution is 14.1. The van der Waals surface area contributed by atoms with Gasteiger partial charge in [0.05, 0.1) is 0 Å². The van der Waals surface area contributed by atoms with Crippen LogP contribution in [0.1, 0.15) is 75.8 Å². The summed E-state index contributed by atoms with van der Waals surface area (Å²) in [5, 5.41) is 22.1. The summed E-state index contributed by atoms with van der Waals surface area (Å²) in [4.78, 5) is 135. The maximum Gasteiger partial charge on any atom is 0.243 e. The lowest BCUT2D eigenvalue weighted by atomic mass is 10.0. The summed E-state index contributed by atoms with van der Waals surface area (Å²) in [6, 6.07) is 4.96. The van der Waals surface area contributed by atoms with Crippen molar-refractivity contribution < 1.29 is 43.2 Å². The molecule has 26 nitrogen and oxygen atoms in total. The summed E-state index contributed by atoms with van der Waals surface area (Å²) < 4.78 is 0.882. The van der Waals surface area contributed by atoms with E-state index in [1.54, 1.807) is 30.5 Å². The number of nitrogens with zero attached hydrogens (tertiary/aromatic N) is 2. The number of halogens is 1. The molecule has 21 N–H and O–H groups in total. The minimum absolute atomic E-state index is 0.0129. The Morgan fingerprint density at radius 3 is 1.95 bits per heavy atom. The number of guanidine groups is 2. The fraction of sp³-hybridized carbons (Fsp3) is 0.479. The number of para-hydroxylation sites is 1. The van der Waals surface area contributed by atoms with E-state index in [-0.39, 0.29) is 109 Å². The summed E-state index contributed by atoms with van der Waals surface area (Å²) in [5.41, 5.74) is 35.7. The highest BCUT2D eigenvalue weighted by Crippen LogP contribution is 2.20. The van der Waals surface area contributed by atoms with E-state index in [2.05, 4.69) is 80.1 Å². The first-order valence-electron chi connectivity index (χ1n) is 24.5. The van der Waals surface area contributed by atoms with Crippen molar-refractivity contribution in [2.24, 2.45) is 44.4 Å². The molecule has 0 spiro atoms. The predicted molar refractivity (Wildman–Crippen MR) is 288 cm³/mol. The van der Waals surface area contributed by atoms with Gasteiger partial charge in [0, 0.05) is 66.5 Å². The average Bonchev–Trinajstić information content (AvgIpc) is 3.77. The minimum Gasteiger partial charge on any atom is -0.370 e. The first kappa shape index (κ1) is 60.0. The fourth-order valence-electron chi connectivity index (χ4n) is 8.11. The fourth-order valence-corrected chi connectivity index (χ4v) is 8.47. The van der Waals surface area contributed by atoms with Gasteiger partial charge in [-0.3, -0.25) is 53.1 Å². The molecular formula is C48H70IN17O9. The molecule has 1 saturated heterocycles. The molecular weight excluding hydrogens is 1090 g/mol. The Bertz CT molecular complexity index is 2530. The first-order valence-corrected chi connectivity index (χ1v) is 25.6. The number of aromatic amines is 1. The molecule has 0 bridgehead atoms. The van der Waals surface area contributed by atoms with Gasteiger partial charge in [0.2, 0.25) is 53.2 Å². The summed E-state index contributed by atoms with van der Waals surface area (Å²) in [7, 11) is 0. The van der Waals surface area contributed by atoms with Gasteiger partial charge in [-0.1, -0.05) is 30.3 Å². The molecule has 0 aliphatic carbocycles. The number of aliphatic imine (C=N–C) groups is 2. The second-order valence-electron chi connectivity index (χ2n) is 17.9. The van der Waals surface area contributed by atoms with Crippen molar-refractivity contribution in [1.82, 2.24) is 47.5 Å². The zero-order valence-electron chi connectivity index (χ0n) is 41.8. The number of H-pyrrole nitrogens is 1. The van der Waals surface area contributed by atoms with E-state index < -0.39 is 95.5 Å². The lowest BCUT2D eigenvalue weighted by Crippen LogP contribution is -2.60. The van der Waals surface area contributed by atoms with Crippen LogP contribution in [0.25, 0.3) is 10.9 Å². The number of hydrogen-bond donors (Lipinski definition) is 15. The van der Waals surface area contributed by atoms with Gasteiger partial charge in [-0.15, -0.1) is 0 Å². The zero-order valence-corrected chi connectivity index (χ0v) is 43.9. The van der Waals surface area contributed by atoms with Crippen LogP contribution in [-0.4, -0.2) is 139 Å². The highest BCUT2D eigenvalue weighted by atomic mass is 127. The van der Waals surface area contributed by atoms with E-state index in [1.807, 2.05) is 24.3 Å². The van der Waals surface area contributed by atoms with Gasteiger partial charge in [0.15, 0.2) is 11.9 Å². The van der Waals surface area contributed by atoms with Gasteiger partial charge in [-0.05, 0) is 110 Å². The quantitative estimate of drug-likeness (QED) is 0.0256. The lowest BCUT2D eigenvalue weighted by molar-refractivity contribution is -0.136. The van der Waals surface area contributed by atoms with Crippen LogP contribution in [0.5, 0.6) is 0 Å². The molecule has 1 fully saturated rings. The second-order valence-corrected chi connectivity index (χ2v) is 19.2. The largest absolute Gasteiger partial charge is 0.370 e. The van der Waals surface area contributed by atoms with Crippen molar-refractivity contribution >= 4 is 98.6 Å². The number of carbonyl (C=O) groups excluding carboxylic acids is 9. The molecule has 9 amide bonds. The van der Waals surface area contributed by atoms with Crippen LogP contribution in [0, 0.1) is 3.57 Å². The molecule has 27 heteroatoms. The number of nitrogens with two attached hydrogens (primary N) is 6. The van der Waals surface area contributed by atoms with Crippen LogP contribution >= 0.6 is 22.6 Å². The Morgan fingerprint density at radius 2 is 1.31 bits per heavy atom. The molecule has 2 aromatic carbocycles. The van der Waals surface area contributed by atoms with Gasteiger partial charge in [0.1, 0.15) is 42.3 Å². The van der Waals surface area contributed by atoms with E-state index in [1.165, 1.54) is 6.92 Å². The number of benzene rings is 2. The van der Waals surface area contributed by atoms with Gasteiger partial charge in [-0.25, -0.2) is 0 Å². The van der Waals surface area contributed by atoms with Gasteiger partial charge in [0.25, 0.3) is 0 Å². The molecule has 1 aliphatic rings. The Morgan fingerprint density at radius 1 is 0.720 bits per heavy atom. The van der Waals surface area contributed by atoms with Gasteiger partial charge < -0.3 is 81.9 Å². The maximum absolute atomic E-state index is 14.6. The number of amides is 9. The summed E-state index contributed by atoms with van der Waals surface area (Å²) >= 11 is 2.11. The Labute approximate surface area is 447 Å². The number of hydrogen-bond acceptors (Lipinski definition) is 12. The van der Waals surface area contributed by atoms with Gasteiger partial charge >= 0.3 is 0 Å². The SMILES string of the molecule is CC(=O)N[C@@H](CCCN=C(N)N)C(=O)N[C@H]1CCC(=O)NCCC[C@@H](C(N)=O)NC(=O)[C@H](Cc2c[nH]c3ccccc23)NC(=O)[C@H](CCCN=C(N)N)NC(=O)[C@@H](Cc2ccc(I)cc2)NC(=O)[C@H](CCN)NC1=O. The minimum atomic E-state index is -1.47. The molecule has 408 valence electrons. The van der Waals surface area contributed by atoms with Crippen molar-refractivity contribution in [1.29, 1.82) is 0 Å². The Hall–Kier alpha value is -7.56. The molecule has 2 heterocycles. The summed E-state index contributed by atoms with van der Waals surface area (Å²) in [6.45, 7) is 1.24. The van der Waals surface area contributed by atoms with Gasteiger partial charge in [-0.2, -0.15) is 0 Å². The van der Waals surface area contributed by atoms with Crippen LogP contribution in [0.3, 0.4) is 0 Å². The van der Waals surface area contributed by atoms with Crippen molar-refractivity contribution in [2.45, 2.75) is 120 Å². The predicted octanol–water partition coefficient (Wildman–Crippen LogP) is -3.40. The van der Waals surface area contributed by atoms with E-state index >= 15 is 0 Å². The number of primary amides is 1. The molecule has 0 saturated carbocycles. The number of rotatable bonds is 18. The first-order chi connectivity index (χ1) is 35.7. The number of carbonyl (C=O) groups is 9. The van der Waals surface area contributed by atoms with Crippen molar-refractivity contribution in [3.63, 3.8) is 0 Å². The number of nitrogens with one attached hydrogen (secondary N) is 9. The second kappa shape index (κ2) is 30.6. The lowest BCUT2D eigenvalue weighted by Gasteiger charge is -2.28. The smallest absolute Gasteiger partial charge is 0.243 e. The molecule has 7 atom stereocenters. The standard InChI is InChI=1S/C48H70IN17O9/c1-26(67)60-33(10-5-21-57-47(52)53)41(70)63-35-16-17-39(68)56-20-4-9-32(40(51)69)61-46(75)38(24-28-25-59-31-8-3-2-7-30(28)31)66-42(71)34(11-6-22-58-48(54)55)62-45(74)37(23-27-12-14-29(49)15-13-27)65-44(73)36(18-19-50)64-43(35)72/h2-3,7-8,12-15,25,32-38,59H,4-6,9-11,16-24,50H2,1H3,(H2,51,69)(H,56,68)(H,60,67)(H,61,75)(H,62,74)(H,63,70)(H,64,72)(H,65,73)(H,66,71)(H4,52,53,57)(H4,54,55,58)/t32-,33-,34-,35-,36-,37+,38-/m0/s1. The van der Waals surface area contributed by atoms with Crippen LogP contribution in [0.4, 0.5) is 0 Å². The Balaban J connectivity index is 1.77. The molecule has 3 aromatic rings. The molecule has 4 rings (SSSR count). The zero-order chi connectivity index (χ0) is 55.0. The van der Waals surface area contributed by atoms with Crippen LogP contribution in [-0.2, 0) is 56.0 Å². The Kier molecular flexibility index (Phi) is 24.5. The highest BCUT2D eigenvalue weighted by Gasteiger charge is 2.35. The molecule has 75 heavy (non-hydrogen) atoms. The van der Waals surface area contributed by atoms with E-state index in [0.29, 0.717) is 11.1 Å². The third-order valence-electron chi connectivity index (χ3n) is 12.0. The number of fused-ring (bicyclic) bond motifs is 1. The number of aromatic nitrogens is 1. The van der Waals surface area contributed by atoms with E-state index in [0.717, 1.165) is 14.5 Å². The van der Waals surface area contributed by atoms with Crippen molar-refractivity contribution in [2.75, 3.05) is 26.2 Å². The third-order valence-corrected chi connectivity index (χ3v) is 12.7. The molecule has 1 aliphatic heterocycles. The van der Waals surface area contributed by atoms with Crippen LogP contribution in [0.2, 0.25) is 0 Å². The molecule has 0 radical (unpaired) electrons. The average molecular weight is 1160 g/mol. The topological polar surface area (TPSA) is 446 Å². The van der Waals surface area contributed by atoms with Crippen molar-refractivity contribution in [3.8, 4) is 0 Å². The maximum atomic E-state index is 14.6. The van der Waals surface area contributed by atoms with Crippen LogP contribution < -0.4 is 76.9 Å². The summed E-state index contributed by atoms with van der Waals surface area (Å²) in [5.74, 6) is -7.35. The molecule has 0 unspecified atom stereocenters. The van der Waals surface area contributed by atoms with E-state index in [9.17, 15) is 43.2 Å². The molecule has 1 aromatic heterocycles.